The molecule has 1 heterocycles. The molecule has 2 unspecified atom stereocenters. The monoisotopic (exact) mass is 257 g/mol. The van der Waals surface area contributed by atoms with Crippen LogP contribution in [-0.2, 0) is 7.05 Å². The van der Waals surface area contributed by atoms with Crippen molar-refractivity contribution >= 4 is 15.9 Å². The number of nitrogens with two attached hydrogens (primary N) is 1. The molecule has 2 atom stereocenters. The fourth-order valence-corrected chi connectivity index (χ4v) is 3.03. The van der Waals surface area contributed by atoms with Gasteiger partial charge in [0.15, 0.2) is 0 Å². The van der Waals surface area contributed by atoms with E-state index in [0.29, 0.717) is 12.0 Å². The Kier molecular flexibility index (Phi) is 2.93. The summed E-state index contributed by atoms with van der Waals surface area (Å²) >= 11 is 3.55. The maximum Gasteiger partial charge on any atom is 0.0635 e. The van der Waals surface area contributed by atoms with E-state index in [2.05, 4.69) is 21.0 Å². The van der Waals surface area contributed by atoms with Gasteiger partial charge in [-0.3, -0.25) is 4.68 Å². The Balaban J connectivity index is 2.21. The van der Waals surface area contributed by atoms with Crippen LogP contribution < -0.4 is 5.73 Å². The molecule has 0 radical (unpaired) electrons. The molecule has 78 valence electrons. The van der Waals surface area contributed by atoms with Crippen molar-refractivity contribution < 1.29 is 0 Å². The second-order valence-corrected chi connectivity index (χ2v) is 4.98. The van der Waals surface area contributed by atoms with Gasteiger partial charge in [0, 0.05) is 19.0 Å². The third-order valence-electron chi connectivity index (χ3n) is 3.04. The molecule has 1 aromatic rings. The molecule has 14 heavy (non-hydrogen) atoms. The summed E-state index contributed by atoms with van der Waals surface area (Å²) in [6, 6.07) is 0.371. The second-order valence-electron chi connectivity index (χ2n) is 4.12. The number of nitrogens with zero attached hydrogens (tertiary/aromatic N) is 2. The van der Waals surface area contributed by atoms with Crippen molar-refractivity contribution in [3.05, 3.63) is 16.4 Å². The van der Waals surface area contributed by atoms with E-state index in [1.807, 2.05) is 17.9 Å². The minimum Gasteiger partial charge on any atom is -0.328 e. The molecule has 3 nitrogen and oxygen atoms in total. The summed E-state index contributed by atoms with van der Waals surface area (Å²) in [5.74, 6) is 0.584. The van der Waals surface area contributed by atoms with Crippen molar-refractivity contribution in [1.29, 1.82) is 0 Å². The van der Waals surface area contributed by atoms with Crippen LogP contribution in [-0.4, -0.2) is 15.8 Å². The molecule has 1 fully saturated rings. The van der Waals surface area contributed by atoms with Gasteiger partial charge in [0.1, 0.15) is 0 Å². The van der Waals surface area contributed by atoms with Crippen LogP contribution in [0.2, 0.25) is 0 Å². The normalized spacial score (nSPS) is 27.9. The molecule has 1 aliphatic carbocycles. The van der Waals surface area contributed by atoms with Gasteiger partial charge in [-0.1, -0.05) is 6.42 Å². The molecule has 2 N–H and O–H groups in total. The van der Waals surface area contributed by atoms with E-state index in [1.54, 1.807) is 0 Å². The van der Waals surface area contributed by atoms with Gasteiger partial charge in [-0.25, -0.2) is 0 Å². The second kappa shape index (κ2) is 4.03. The first-order valence-electron chi connectivity index (χ1n) is 5.11. The fourth-order valence-electron chi connectivity index (χ4n) is 2.36. The number of hydrogen-bond donors (Lipinski definition) is 1. The molecule has 1 aliphatic rings. The molecule has 0 amide bonds. The zero-order valence-electron chi connectivity index (χ0n) is 8.41. The van der Waals surface area contributed by atoms with Crippen LogP contribution in [0.15, 0.2) is 10.7 Å². The number of halogens is 1. The third-order valence-corrected chi connectivity index (χ3v) is 3.65. The van der Waals surface area contributed by atoms with E-state index in [9.17, 15) is 0 Å². The van der Waals surface area contributed by atoms with Gasteiger partial charge in [0.2, 0.25) is 0 Å². The maximum absolute atomic E-state index is 5.99. The van der Waals surface area contributed by atoms with E-state index >= 15 is 0 Å². The first-order valence-corrected chi connectivity index (χ1v) is 5.90. The molecule has 0 saturated heterocycles. The van der Waals surface area contributed by atoms with Gasteiger partial charge in [-0.05, 0) is 35.2 Å². The van der Waals surface area contributed by atoms with Crippen LogP contribution >= 0.6 is 15.9 Å². The minimum atomic E-state index is 0.371. The highest BCUT2D eigenvalue weighted by molar-refractivity contribution is 9.10. The lowest BCUT2D eigenvalue weighted by molar-refractivity contribution is 0.379. The lowest BCUT2D eigenvalue weighted by Crippen LogP contribution is -2.27. The topological polar surface area (TPSA) is 43.8 Å². The Morgan fingerprint density at radius 2 is 2.36 bits per heavy atom. The Hall–Kier alpha value is -0.350. The van der Waals surface area contributed by atoms with Crippen molar-refractivity contribution in [2.45, 2.75) is 37.6 Å². The van der Waals surface area contributed by atoms with Crippen molar-refractivity contribution in [1.82, 2.24) is 9.78 Å². The molecule has 4 heteroatoms. The Morgan fingerprint density at radius 1 is 1.57 bits per heavy atom. The molecular weight excluding hydrogens is 242 g/mol. The largest absolute Gasteiger partial charge is 0.328 e. The van der Waals surface area contributed by atoms with E-state index in [0.717, 1.165) is 10.9 Å². The number of aryl methyl sites for hydroxylation is 1. The van der Waals surface area contributed by atoms with Gasteiger partial charge in [-0.15, -0.1) is 0 Å². The van der Waals surface area contributed by atoms with Crippen molar-refractivity contribution in [2.24, 2.45) is 12.8 Å². The summed E-state index contributed by atoms with van der Waals surface area (Å²) < 4.78 is 3.09. The summed E-state index contributed by atoms with van der Waals surface area (Å²) in [6.07, 6.45) is 6.62. The molecule has 0 spiro atoms. The zero-order valence-corrected chi connectivity index (χ0v) is 10.00. The standard InChI is InChI=1S/C10H16BrN3/c1-14-10(9(11)6-13-14)7-3-2-4-8(12)5-7/h6-8H,2-5,12H2,1H3. The molecule has 0 aromatic carbocycles. The highest BCUT2D eigenvalue weighted by Gasteiger charge is 2.24. The van der Waals surface area contributed by atoms with Crippen molar-refractivity contribution in [3.63, 3.8) is 0 Å². The van der Waals surface area contributed by atoms with Gasteiger partial charge >= 0.3 is 0 Å². The highest BCUT2D eigenvalue weighted by Crippen LogP contribution is 2.35. The number of aromatic nitrogens is 2. The van der Waals surface area contributed by atoms with E-state index in [4.69, 9.17) is 5.73 Å². The SMILES string of the molecule is Cn1ncc(Br)c1C1CCCC(N)C1. The smallest absolute Gasteiger partial charge is 0.0635 e. The molecule has 0 aliphatic heterocycles. The van der Waals surface area contributed by atoms with E-state index < -0.39 is 0 Å². The highest BCUT2D eigenvalue weighted by atomic mass is 79.9. The van der Waals surface area contributed by atoms with Crippen LogP contribution in [0.1, 0.15) is 37.3 Å². The fraction of sp³-hybridized carbons (Fsp3) is 0.700. The van der Waals surface area contributed by atoms with Crippen molar-refractivity contribution in [3.8, 4) is 0 Å². The summed E-state index contributed by atoms with van der Waals surface area (Å²) in [5, 5.41) is 4.25. The van der Waals surface area contributed by atoms with Gasteiger partial charge in [-0.2, -0.15) is 5.10 Å². The van der Waals surface area contributed by atoms with Gasteiger partial charge in [0.25, 0.3) is 0 Å². The van der Waals surface area contributed by atoms with E-state index in [1.165, 1.54) is 25.0 Å². The summed E-state index contributed by atoms with van der Waals surface area (Å²) in [5.41, 5.74) is 7.29. The van der Waals surface area contributed by atoms with Crippen molar-refractivity contribution in [2.75, 3.05) is 0 Å². The molecule has 2 rings (SSSR count). The lowest BCUT2D eigenvalue weighted by atomic mass is 9.84. The summed E-state index contributed by atoms with van der Waals surface area (Å²) in [7, 11) is 2.00. The quantitative estimate of drug-likeness (QED) is 0.838. The zero-order chi connectivity index (χ0) is 10.1. The first kappa shape index (κ1) is 10.2. The summed E-state index contributed by atoms with van der Waals surface area (Å²) in [6.45, 7) is 0. The predicted octanol–water partition coefficient (Wildman–Crippen LogP) is 2.17. The van der Waals surface area contributed by atoms with Crippen LogP contribution in [0.4, 0.5) is 0 Å². The van der Waals surface area contributed by atoms with Crippen LogP contribution in [0.3, 0.4) is 0 Å². The first-order chi connectivity index (χ1) is 6.68. The van der Waals surface area contributed by atoms with Crippen LogP contribution in [0, 0.1) is 0 Å². The molecular formula is C10H16BrN3. The Bertz CT molecular complexity index is 302. The van der Waals surface area contributed by atoms with Crippen LogP contribution in [0.5, 0.6) is 0 Å². The van der Waals surface area contributed by atoms with Gasteiger partial charge in [0.05, 0.1) is 16.4 Å². The molecule has 1 saturated carbocycles. The number of hydrogen-bond acceptors (Lipinski definition) is 2. The van der Waals surface area contributed by atoms with E-state index in [-0.39, 0.29) is 0 Å². The Labute approximate surface area is 92.8 Å². The predicted molar refractivity (Wildman–Crippen MR) is 60.1 cm³/mol. The summed E-state index contributed by atoms with van der Waals surface area (Å²) in [4.78, 5) is 0. The third kappa shape index (κ3) is 1.86. The molecule has 0 bridgehead atoms. The Morgan fingerprint density at radius 3 is 2.93 bits per heavy atom. The minimum absolute atomic E-state index is 0.371. The lowest BCUT2D eigenvalue weighted by Gasteiger charge is -2.26. The maximum atomic E-state index is 5.99. The molecule has 1 aromatic heterocycles. The van der Waals surface area contributed by atoms with Gasteiger partial charge < -0.3 is 5.73 Å². The number of rotatable bonds is 1. The van der Waals surface area contributed by atoms with Crippen LogP contribution in [0.25, 0.3) is 0 Å². The average Bonchev–Trinajstić information content (AvgIpc) is 2.46. The average molecular weight is 258 g/mol.